The highest BCUT2D eigenvalue weighted by Crippen LogP contribution is 2.27. The van der Waals surface area contributed by atoms with Gasteiger partial charge in [-0.1, -0.05) is 0 Å². The lowest BCUT2D eigenvalue weighted by Gasteiger charge is -2.11. The Morgan fingerprint density at radius 3 is 2.61 bits per heavy atom. The fraction of sp³-hybridized carbons (Fsp3) is 0.167. The highest BCUT2D eigenvalue weighted by molar-refractivity contribution is 9.10. The van der Waals surface area contributed by atoms with Crippen LogP contribution in [0.25, 0.3) is 0 Å². The van der Waals surface area contributed by atoms with Gasteiger partial charge in [0.2, 0.25) is 0 Å². The molecule has 2 N–H and O–H groups in total. The van der Waals surface area contributed by atoms with Crippen molar-refractivity contribution in [3.63, 3.8) is 0 Å². The molecule has 1 unspecified atom stereocenters. The van der Waals surface area contributed by atoms with Gasteiger partial charge in [0.05, 0.1) is 10.5 Å². The van der Waals surface area contributed by atoms with E-state index < -0.39 is 17.7 Å². The minimum atomic E-state index is -0.657. The van der Waals surface area contributed by atoms with Gasteiger partial charge in [-0.15, -0.1) is 0 Å². The summed E-state index contributed by atoms with van der Waals surface area (Å²) in [7, 11) is 0. The summed E-state index contributed by atoms with van der Waals surface area (Å²) in [6.45, 7) is 0. The minimum absolute atomic E-state index is 0.0129. The molecule has 6 heteroatoms. The first kappa shape index (κ1) is 13.5. The standard InChI is InChI=1S/C12H9BrClF2NO/c13-7-1-2-8(15)6(12(7)16)5-9(17)10-3-4-11(14)18-10/h1-4,9H,5,17H2. The largest absolute Gasteiger partial charge is 0.448 e. The Labute approximate surface area is 116 Å². The lowest BCUT2D eigenvalue weighted by atomic mass is 10.0. The minimum Gasteiger partial charge on any atom is -0.448 e. The van der Waals surface area contributed by atoms with Gasteiger partial charge in [0.1, 0.15) is 17.4 Å². The van der Waals surface area contributed by atoms with Crippen LogP contribution in [-0.2, 0) is 6.42 Å². The molecule has 0 aliphatic heterocycles. The van der Waals surface area contributed by atoms with Crippen molar-refractivity contribution in [2.24, 2.45) is 5.73 Å². The summed E-state index contributed by atoms with van der Waals surface area (Å²) in [6, 6.07) is 4.95. The van der Waals surface area contributed by atoms with Crippen LogP contribution in [0.4, 0.5) is 8.78 Å². The van der Waals surface area contributed by atoms with Crippen LogP contribution in [0.15, 0.2) is 33.2 Å². The first-order chi connectivity index (χ1) is 8.49. The van der Waals surface area contributed by atoms with Crippen LogP contribution in [-0.4, -0.2) is 0 Å². The van der Waals surface area contributed by atoms with Gasteiger partial charge in [0.15, 0.2) is 5.22 Å². The van der Waals surface area contributed by atoms with E-state index in [-0.39, 0.29) is 21.7 Å². The molecule has 0 spiro atoms. The van der Waals surface area contributed by atoms with E-state index in [1.165, 1.54) is 18.2 Å². The van der Waals surface area contributed by atoms with Crippen LogP contribution >= 0.6 is 27.5 Å². The van der Waals surface area contributed by atoms with E-state index in [0.29, 0.717) is 5.76 Å². The molecule has 2 rings (SSSR count). The molecule has 96 valence electrons. The van der Waals surface area contributed by atoms with E-state index in [1.54, 1.807) is 6.07 Å². The zero-order valence-electron chi connectivity index (χ0n) is 9.09. The van der Waals surface area contributed by atoms with Crippen LogP contribution in [0.2, 0.25) is 5.22 Å². The van der Waals surface area contributed by atoms with Gasteiger partial charge in [-0.2, -0.15) is 0 Å². The van der Waals surface area contributed by atoms with Crippen molar-refractivity contribution in [1.29, 1.82) is 0 Å². The Hall–Kier alpha value is -0.910. The summed E-state index contributed by atoms with van der Waals surface area (Å²) in [6.07, 6.45) is -0.0129. The third-order valence-corrected chi connectivity index (χ3v) is 3.34. The molecule has 0 bridgehead atoms. The molecular formula is C12H9BrClF2NO. The monoisotopic (exact) mass is 335 g/mol. The fourth-order valence-electron chi connectivity index (χ4n) is 1.60. The Balaban J connectivity index is 2.27. The zero-order valence-corrected chi connectivity index (χ0v) is 11.4. The van der Waals surface area contributed by atoms with Crippen molar-refractivity contribution >= 4 is 27.5 Å². The molecule has 0 aliphatic rings. The summed E-state index contributed by atoms with van der Waals surface area (Å²) in [5, 5.41) is 0.190. The molecule has 0 saturated heterocycles. The smallest absolute Gasteiger partial charge is 0.193 e. The van der Waals surface area contributed by atoms with Crippen molar-refractivity contribution < 1.29 is 13.2 Å². The molecule has 1 atom stereocenters. The summed E-state index contributed by atoms with van der Waals surface area (Å²) in [5.41, 5.74) is 5.75. The number of halogens is 4. The number of hydrogen-bond acceptors (Lipinski definition) is 2. The molecule has 18 heavy (non-hydrogen) atoms. The summed E-state index contributed by atoms with van der Waals surface area (Å²) in [5.74, 6) is -0.898. The molecule has 1 aromatic heterocycles. The van der Waals surface area contributed by atoms with Gasteiger partial charge in [-0.25, -0.2) is 8.78 Å². The fourth-order valence-corrected chi connectivity index (χ4v) is 2.13. The van der Waals surface area contributed by atoms with E-state index in [1.807, 2.05) is 0 Å². The van der Waals surface area contributed by atoms with Gasteiger partial charge in [-0.05, 0) is 51.8 Å². The highest BCUT2D eigenvalue weighted by Gasteiger charge is 2.18. The van der Waals surface area contributed by atoms with Crippen molar-refractivity contribution in [3.05, 3.63) is 56.9 Å². The summed E-state index contributed by atoms with van der Waals surface area (Å²) >= 11 is 8.62. The van der Waals surface area contributed by atoms with E-state index in [9.17, 15) is 8.78 Å². The molecule has 1 heterocycles. The zero-order chi connectivity index (χ0) is 13.3. The average Bonchev–Trinajstić information content (AvgIpc) is 2.76. The first-order valence-corrected chi connectivity index (χ1v) is 6.29. The van der Waals surface area contributed by atoms with E-state index >= 15 is 0 Å². The Morgan fingerprint density at radius 2 is 2.00 bits per heavy atom. The molecule has 0 fully saturated rings. The molecule has 2 nitrogen and oxygen atoms in total. The number of furan rings is 1. The Kier molecular flexibility index (Phi) is 4.04. The second-order valence-electron chi connectivity index (χ2n) is 3.77. The van der Waals surface area contributed by atoms with E-state index in [4.69, 9.17) is 21.8 Å². The van der Waals surface area contributed by atoms with Gasteiger partial charge in [0, 0.05) is 12.0 Å². The number of benzene rings is 1. The van der Waals surface area contributed by atoms with Gasteiger partial charge in [-0.3, -0.25) is 0 Å². The number of nitrogens with two attached hydrogens (primary N) is 1. The van der Waals surface area contributed by atoms with Crippen molar-refractivity contribution in [3.8, 4) is 0 Å². The SMILES string of the molecule is NC(Cc1c(F)ccc(Br)c1F)c1ccc(Cl)o1. The first-order valence-electron chi connectivity index (χ1n) is 5.12. The third-order valence-electron chi connectivity index (χ3n) is 2.52. The maximum Gasteiger partial charge on any atom is 0.193 e. The van der Waals surface area contributed by atoms with E-state index in [2.05, 4.69) is 15.9 Å². The van der Waals surface area contributed by atoms with Crippen molar-refractivity contribution in [1.82, 2.24) is 0 Å². The van der Waals surface area contributed by atoms with Crippen molar-refractivity contribution in [2.75, 3.05) is 0 Å². The number of hydrogen-bond donors (Lipinski definition) is 1. The molecule has 0 radical (unpaired) electrons. The predicted octanol–water partition coefficient (Wildman–Crippen LogP) is 4.22. The Bertz CT molecular complexity index is 573. The Morgan fingerprint density at radius 1 is 1.28 bits per heavy atom. The van der Waals surface area contributed by atoms with Gasteiger partial charge >= 0.3 is 0 Å². The summed E-state index contributed by atoms with van der Waals surface area (Å²) < 4.78 is 32.6. The quantitative estimate of drug-likeness (QED) is 0.853. The normalized spacial score (nSPS) is 12.7. The maximum atomic E-state index is 13.7. The molecule has 0 amide bonds. The van der Waals surface area contributed by atoms with Crippen molar-refractivity contribution in [2.45, 2.75) is 12.5 Å². The maximum absolute atomic E-state index is 13.7. The molecule has 2 aromatic rings. The molecule has 0 aliphatic carbocycles. The topological polar surface area (TPSA) is 39.2 Å². The van der Waals surface area contributed by atoms with Gasteiger partial charge in [0.25, 0.3) is 0 Å². The van der Waals surface area contributed by atoms with Crippen LogP contribution in [0.5, 0.6) is 0 Å². The van der Waals surface area contributed by atoms with Crippen LogP contribution in [0, 0.1) is 11.6 Å². The lowest BCUT2D eigenvalue weighted by molar-refractivity contribution is 0.454. The average molecular weight is 337 g/mol. The molecular weight excluding hydrogens is 327 g/mol. The van der Waals surface area contributed by atoms with Crippen LogP contribution < -0.4 is 5.73 Å². The number of rotatable bonds is 3. The second-order valence-corrected chi connectivity index (χ2v) is 5.00. The van der Waals surface area contributed by atoms with Crippen LogP contribution in [0.3, 0.4) is 0 Å². The van der Waals surface area contributed by atoms with Gasteiger partial charge < -0.3 is 10.2 Å². The predicted molar refractivity (Wildman–Crippen MR) is 68.4 cm³/mol. The van der Waals surface area contributed by atoms with E-state index in [0.717, 1.165) is 0 Å². The lowest BCUT2D eigenvalue weighted by Crippen LogP contribution is -2.14. The highest BCUT2D eigenvalue weighted by atomic mass is 79.9. The molecule has 0 saturated carbocycles. The third kappa shape index (κ3) is 2.74. The second kappa shape index (κ2) is 5.38. The van der Waals surface area contributed by atoms with Crippen LogP contribution in [0.1, 0.15) is 17.4 Å². The molecule has 1 aromatic carbocycles. The summed E-state index contributed by atoms with van der Waals surface area (Å²) in [4.78, 5) is 0.